The molecule has 3 rings (SSSR count). The second kappa shape index (κ2) is 7.17. The molecular weight excluding hydrogens is 366 g/mol. The molecule has 0 atom stereocenters. The minimum Gasteiger partial charge on any atom is -0.477 e. The summed E-state index contributed by atoms with van der Waals surface area (Å²) in [6.45, 7) is 1.52. The van der Waals surface area contributed by atoms with Crippen molar-refractivity contribution in [3.8, 4) is 17.1 Å². The van der Waals surface area contributed by atoms with Crippen LogP contribution < -0.4 is 4.74 Å². The highest BCUT2D eigenvalue weighted by molar-refractivity contribution is 5.93. The van der Waals surface area contributed by atoms with E-state index in [1.165, 1.54) is 19.1 Å². The van der Waals surface area contributed by atoms with Crippen LogP contribution in [0.4, 0.5) is 17.6 Å². The molecule has 1 fully saturated rings. The van der Waals surface area contributed by atoms with Crippen LogP contribution in [-0.4, -0.2) is 22.2 Å². The van der Waals surface area contributed by atoms with Gasteiger partial charge in [0.05, 0.1) is 11.3 Å². The molecule has 4 nitrogen and oxygen atoms in total. The zero-order chi connectivity index (χ0) is 19.8. The van der Waals surface area contributed by atoms with E-state index in [2.05, 4.69) is 4.98 Å². The third-order valence-corrected chi connectivity index (χ3v) is 4.55. The fourth-order valence-corrected chi connectivity index (χ4v) is 3.10. The number of nitrogens with zero attached hydrogens (tertiary/aromatic N) is 1. The molecule has 1 N–H and O–H groups in total. The van der Waals surface area contributed by atoms with E-state index in [-0.39, 0.29) is 17.4 Å². The van der Waals surface area contributed by atoms with Crippen LogP contribution in [0.1, 0.15) is 47.2 Å². The van der Waals surface area contributed by atoms with Gasteiger partial charge in [-0.3, -0.25) is 0 Å². The first-order valence-corrected chi connectivity index (χ1v) is 8.45. The first-order valence-electron chi connectivity index (χ1n) is 8.45. The Balaban J connectivity index is 2.19. The summed E-state index contributed by atoms with van der Waals surface area (Å²) in [6.07, 6.45) is -2.38. The van der Waals surface area contributed by atoms with Crippen LogP contribution in [0.5, 0.6) is 5.88 Å². The molecular formula is C19H17F4NO3. The smallest absolute Gasteiger partial charge is 0.417 e. The summed E-state index contributed by atoms with van der Waals surface area (Å²) >= 11 is 0. The molecule has 0 aliphatic heterocycles. The third-order valence-electron chi connectivity index (χ3n) is 4.55. The molecule has 144 valence electrons. The first-order chi connectivity index (χ1) is 12.7. The van der Waals surface area contributed by atoms with Gasteiger partial charge in [0.15, 0.2) is 0 Å². The van der Waals surface area contributed by atoms with Gasteiger partial charge < -0.3 is 9.84 Å². The average molecular weight is 383 g/mol. The molecule has 2 aromatic rings. The molecule has 1 heterocycles. The Morgan fingerprint density at radius 2 is 1.89 bits per heavy atom. The SMILES string of the molecule is Cc1ccc(-c2cc(C(F)(F)F)c(C(=O)O)c(OC3CCCC3)n2)cc1F. The van der Waals surface area contributed by atoms with E-state index >= 15 is 0 Å². The number of halogens is 4. The number of ether oxygens (including phenoxy) is 1. The molecule has 0 amide bonds. The van der Waals surface area contributed by atoms with Crippen LogP contribution in [0.15, 0.2) is 24.3 Å². The number of alkyl halides is 3. The normalized spacial score (nSPS) is 15.1. The molecule has 27 heavy (non-hydrogen) atoms. The summed E-state index contributed by atoms with van der Waals surface area (Å²) in [6, 6.07) is 4.54. The number of aromatic nitrogens is 1. The van der Waals surface area contributed by atoms with Crippen molar-refractivity contribution in [3.05, 3.63) is 46.8 Å². The first kappa shape index (κ1) is 19.1. The van der Waals surface area contributed by atoms with Gasteiger partial charge in [-0.1, -0.05) is 12.1 Å². The van der Waals surface area contributed by atoms with E-state index in [1.54, 1.807) is 0 Å². The summed E-state index contributed by atoms with van der Waals surface area (Å²) < 4.78 is 60.0. The van der Waals surface area contributed by atoms with E-state index in [9.17, 15) is 27.5 Å². The minimum absolute atomic E-state index is 0.108. The maximum atomic E-state index is 13.9. The molecule has 0 bridgehead atoms. The summed E-state index contributed by atoms with van der Waals surface area (Å²) in [7, 11) is 0. The zero-order valence-electron chi connectivity index (χ0n) is 14.4. The fraction of sp³-hybridized carbons (Fsp3) is 0.368. The highest BCUT2D eigenvalue weighted by Crippen LogP contribution is 2.39. The lowest BCUT2D eigenvalue weighted by Gasteiger charge is -2.19. The van der Waals surface area contributed by atoms with Gasteiger partial charge in [0.1, 0.15) is 17.5 Å². The summed E-state index contributed by atoms with van der Waals surface area (Å²) in [4.78, 5) is 15.5. The lowest BCUT2D eigenvalue weighted by molar-refractivity contribution is -0.138. The Morgan fingerprint density at radius 3 is 2.44 bits per heavy atom. The van der Waals surface area contributed by atoms with Gasteiger partial charge in [0.2, 0.25) is 5.88 Å². The number of benzene rings is 1. The summed E-state index contributed by atoms with van der Waals surface area (Å²) in [5, 5.41) is 9.35. The van der Waals surface area contributed by atoms with Gasteiger partial charge >= 0.3 is 12.1 Å². The predicted octanol–water partition coefficient (Wildman–Crippen LogP) is 5.23. The van der Waals surface area contributed by atoms with Crippen molar-refractivity contribution in [2.75, 3.05) is 0 Å². The number of hydrogen-bond donors (Lipinski definition) is 1. The quantitative estimate of drug-likeness (QED) is 0.734. The van der Waals surface area contributed by atoms with Crippen LogP contribution in [0.2, 0.25) is 0 Å². The van der Waals surface area contributed by atoms with Crippen LogP contribution in [0.3, 0.4) is 0 Å². The number of pyridine rings is 1. The fourth-order valence-electron chi connectivity index (χ4n) is 3.10. The lowest BCUT2D eigenvalue weighted by atomic mass is 10.0. The Kier molecular flexibility index (Phi) is 5.08. The number of hydrogen-bond acceptors (Lipinski definition) is 3. The van der Waals surface area contributed by atoms with E-state index in [0.29, 0.717) is 24.5 Å². The van der Waals surface area contributed by atoms with Gasteiger partial charge in [-0.05, 0) is 50.3 Å². The van der Waals surface area contributed by atoms with Crippen molar-refractivity contribution in [1.29, 1.82) is 0 Å². The molecule has 0 unspecified atom stereocenters. The molecule has 1 aliphatic carbocycles. The molecule has 0 spiro atoms. The highest BCUT2D eigenvalue weighted by atomic mass is 19.4. The van der Waals surface area contributed by atoms with E-state index in [4.69, 9.17) is 4.74 Å². The number of aromatic carboxylic acids is 1. The standard InChI is InChI=1S/C19H17F4NO3/c1-10-6-7-11(8-14(10)20)15-9-13(19(21,22)23)16(18(25)26)17(24-15)27-12-4-2-3-5-12/h6-9,12H,2-5H2,1H3,(H,25,26). The second-order valence-corrected chi connectivity index (χ2v) is 6.53. The largest absolute Gasteiger partial charge is 0.477 e. The van der Waals surface area contributed by atoms with E-state index in [0.717, 1.165) is 18.9 Å². The molecule has 1 saturated carbocycles. The van der Waals surface area contributed by atoms with Crippen molar-refractivity contribution in [3.63, 3.8) is 0 Å². The molecule has 1 aromatic carbocycles. The molecule has 1 aliphatic rings. The van der Waals surface area contributed by atoms with Gasteiger partial charge in [0.25, 0.3) is 0 Å². The number of carbonyl (C=O) groups is 1. The Morgan fingerprint density at radius 1 is 1.22 bits per heavy atom. The molecule has 0 saturated heterocycles. The van der Waals surface area contributed by atoms with Gasteiger partial charge in [-0.25, -0.2) is 14.2 Å². The van der Waals surface area contributed by atoms with E-state index in [1.807, 2.05) is 0 Å². The molecule has 1 aromatic heterocycles. The van der Waals surface area contributed by atoms with Crippen LogP contribution in [-0.2, 0) is 6.18 Å². The Hall–Kier alpha value is -2.64. The molecule has 8 heteroatoms. The second-order valence-electron chi connectivity index (χ2n) is 6.53. The van der Waals surface area contributed by atoms with Crippen molar-refractivity contribution < 1.29 is 32.2 Å². The van der Waals surface area contributed by atoms with Crippen molar-refractivity contribution in [2.24, 2.45) is 0 Å². The van der Waals surface area contributed by atoms with Crippen molar-refractivity contribution in [2.45, 2.75) is 44.9 Å². The van der Waals surface area contributed by atoms with Crippen molar-refractivity contribution in [1.82, 2.24) is 4.98 Å². The number of carboxylic acids is 1. The van der Waals surface area contributed by atoms with Gasteiger partial charge in [-0.15, -0.1) is 0 Å². The number of rotatable bonds is 4. The maximum Gasteiger partial charge on any atom is 0.417 e. The summed E-state index contributed by atoms with van der Waals surface area (Å²) in [5.41, 5.74) is -2.14. The predicted molar refractivity (Wildman–Crippen MR) is 89.2 cm³/mol. The zero-order valence-corrected chi connectivity index (χ0v) is 14.4. The number of carboxylic acid groups (broad SMARTS) is 1. The monoisotopic (exact) mass is 383 g/mol. The maximum absolute atomic E-state index is 13.9. The van der Waals surface area contributed by atoms with Crippen LogP contribution >= 0.6 is 0 Å². The van der Waals surface area contributed by atoms with E-state index < -0.39 is 35.0 Å². The topological polar surface area (TPSA) is 59.4 Å². The van der Waals surface area contributed by atoms with Gasteiger partial charge in [-0.2, -0.15) is 13.2 Å². The van der Waals surface area contributed by atoms with Crippen LogP contribution in [0.25, 0.3) is 11.3 Å². The summed E-state index contributed by atoms with van der Waals surface area (Å²) in [5.74, 6) is -2.95. The van der Waals surface area contributed by atoms with Crippen LogP contribution in [0, 0.1) is 12.7 Å². The highest BCUT2D eigenvalue weighted by Gasteiger charge is 2.39. The molecule has 0 radical (unpaired) electrons. The Bertz CT molecular complexity index is 874. The third kappa shape index (κ3) is 4.04. The average Bonchev–Trinajstić information content (AvgIpc) is 3.08. The van der Waals surface area contributed by atoms with Gasteiger partial charge in [0, 0.05) is 5.56 Å². The Labute approximate surface area is 152 Å². The van der Waals surface area contributed by atoms with Crippen molar-refractivity contribution >= 4 is 5.97 Å². The lowest BCUT2D eigenvalue weighted by Crippen LogP contribution is -2.20. The minimum atomic E-state index is -4.93. The number of aryl methyl sites for hydroxylation is 1.